The van der Waals surface area contributed by atoms with E-state index in [1.165, 1.54) is 0 Å². The van der Waals surface area contributed by atoms with Gasteiger partial charge < -0.3 is 35.7 Å². The van der Waals surface area contributed by atoms with E-state index < -0.39 is 18.4 Å². The van der Waals surface area contributed by atoms with Crippen molar-refractivity contribution in [3.05, 3.63) is 35.9 Å². The van der Waals surface area contributed by atoms with Gasteiger partial charge in [0.15, 0.2) is 6.29 Å². The first-order valence-electron chi connectivity index (χ1n) is 9.20. The Hall–Kier alpha value is -2.20. The number of hydrogen-bond donors (Lipinski definition) is 4. The highest BCUT2D eigenvalue weighted by atomic mass is 16.7. The van der Waals surface area contributed by atoms with Gasteiger partial charge in [0, 0.05) is 27.2 Å². The summed E-state index contributed by atoms with van der Waals surface area (Å²) >= 11 is 0. The summed E-state index contributed by atoms with van der Waals surface area (Å²) in [6, 6.07) is 8.34. The lowest BCUT2D eigenvalue weighted by atomic mass is 10.1. The van der Waals surface area contributed by atoms with Crippen LogP contribution in [0.1, 0.15) is 31.2 Å². The van der Waals surface area contributed by atoms with E-state index in [1.807, 2.05) is 30.3 Å². The van der Waals surface area contributed by atoms with Crippen LogP contribution in [0.15, 0.2) is 30.3 Å². The van der Waals surface area contributed by atoms with Crippen LogP contribution in [-0.4, -0.2) is 56.4 Å². The molecule has 1 aromatic carbocycles. The van der Waals surface area contributed by atoms with Gasteiger partial charge in [0.1, 0.15) is 18.9 Å². The number of aliphatic hydroxyl groups is 1. The topological polar surface area (TPSA) is 132 Å². The Bertz CT molecular complexity index is 566. The van der Waals surface area contributed by atoms with Gasteiger partial charge in [-0.15, -0.1) is 0 Å². The number of aliphatic hydroxyl groups excluding tert-OH is 1. The molecule has 0 heterocycles. The summed E-state index contributed by atoms with van der Waals surface area (Å²) in [6.45, 7) is 0.487. The highest BCUT2D eigenvalue weighted by Crippen LogP contribution is 2.04. The number of ether oxygens (including phenoxy) is 3. The summed E-state index contributed by atoms with van der Waals surface area (Å²) in [5.74, 6) is -0.372. The number of rotatable bonds is 13. The largest absolute Gasteiger partial charge is 0.445 e. The lowest BCUT2D eigenvalue weighted by molar-refractivity contribution is -0.124. The van der Waals surface area contributed by atoms with Crippen LogP contribution >= 0.6 is 0 Å². The maximum Gasteiger partial charge on any atom is 0.408 e. The predicted molar refractivity (Wildman–Crippen MR) is 103 cm³/mol. The molecule has 0 radical (unpaired) electrons. The van der Waals surface area contributed by atoms with E-state index in [0.29, 0.717) is 19.4 Å². The van der Waals surface area contributed by atoms with Gasteiger partial charge in [-0.3, -0.25) is 4.79 Å². The van der Waals surface area contributed by atoms with Gasteiger partial charge in [0.25, 0.3) is 0 Å². The van der Waals surface area contributed by atoms with Gasteiger partial charge in [-0.1, -0.05) is 30.3 Å². The molecule has 1 aromatic rings. The fourth-order valence-corrected chi connectivity index (χ4v) is 2.45. The van der Waals surface area contributed by atoms with Crippen LogP contribution in [-0.2, 0) is 25.6 Å². The van der Waals surface area contributed by atoms with Crippen molar-refractivity contribution in [3.63, 3.8) is 0 Å². The standard InChI is InChI=1S/C19H31N3O6/c1-26-17(27-2)9-6-12-21-18(24)15(10-11-16(20)23)22-19(25)28-13-14-7-4-3-5-8-14/h3-5,7-8,15-17,23H,6,9-13,20H2,1-2H3,(H,21,24)(H,22,25)/t15-,16?/m0/s1. The minimum atomic E-state index is -1.07. The van der Waals surface area contributed by atoms with Crippen molar-refractivity contribution in [1.82, 2.24) is 10.6 Å². The Morgan fingerprint density at radius 2 is 1.79 bits per heavy atom. The second-order valence-corrected chi connectivity index (χ2v) is 6.24. The number of benzene rings is 1. The van der Waals surface area contributed by atoms with Gasteiger partial charge in [0.2, 0.25) is 5.91 Å². The van der Waals surface area contributed by atoms with Gasteiger partial charge in [0.05, 0.1) is 0 Å². The van der Waals surface area contributed by atoms with Crippen LogP contribution < -0.4 is 16.4 Å². The number of amides is 2. The molecule has 1 unspecified atom stereocenters. The average Bonchev–Trinajstić information content (AvgIpc) is 2.70. The van der Waals surface area contributed by atoms with Gasteiger partial charge >= 0.3 is 6.09 Å². The van der Waals surface area contributed by atoms with E-state index >= 15 is 0 Å². The predicted octanol–water partition coefficient (Wildman–Crippen LogP) is 0.854. The van der Waals surface area contributed by atoms with E-state index in [-0.39, 0.29) is 31.6 Å². The molecule has 2 amide bonds. The number of methoxy groups -OCH3 is 2. The van der Waals surface area contributed by atoms with Crippen LogP contribution in [0, 0.1) is 0 Å². The van der Waals surface area contributed by atoms with Crippen LogP contribution in [0.25, 0.3) is 0 Å². The lowest BCUT2D eigenvalue weighted by Crippen LogP contribution is -2.47. The number of hydrogen-bond acceptors (Lipinski definition) is 7. The van der Waals surface area contributed by atoms with Crippen LogP contribution in [0.3, 0.4) is 0 Å². The van der Waals surface area contributed by atoms with Gasteiger partial charge in [-0.05, 0) is 24.8 Å². The van der Waals surface area contributed by atoms with Crippen molar-refractivity contribution in [2.24, 2.45) is 5.73 Å². The quantitative estimate of drug-likeness (QED) is 0.287. The van der Waals surface area contributed by atoms with E-state index in [1.54, 1.807) is 14.2 Å². The maximum absolute atomic E-state index is 12.4. The Balaban J connectivity index is 2.46. The third kappa shape index (κ3) is 10.2. The molecule has 2 atom stereocenters. The third-order valence-corrected chi connectivity index (χ3v) is 4.01. The highest BCUT2D eigenvalue weighted by Gasteiger charge is 2.22. The first-order chi connectivity index (χ1) is 13.5. The SMILES string of the molecule is COC(CCCNC(=O)[C@H](CCC(N)O)NC(=O)OCc1ccccc1)OC. The van der Waals surface area contributed by atoms with E-state index in [4.69, 9.17) is 19.9 Å². The zero-order valence-electron chi connectivity index (χ0n) is 16.4. The molecule has 158 valence electrons. The van der Waals surface area contributed by atoms with E-state index in [0.717, 1.165) is 5.56 Å². The summed E-state index contributed by atoms with van der Waals surface area (Å²) in [5.41, 5.74) is 6.18. The summed E-state index contributed by atoms with van der Waals surface area (Å²) in [6.07, 6.45) is -0.508. The number of nitrogens with one attached hydrogen (secondary N) is 2. The summed E-state index contributed by atoms with van der Waals surface area (Å²) in [5, 5.41) is 14.5. The molecule has 0 aliphatic heterocycles. The first kappa shape index (κ1) is 23.8. The minimum Gasteiger partial charge on any atom is -0.445 e. The van der Waals surface area contributed by atoms with Crippen LogP contribution in [0.4, 0.5) is 4.79 Å². The smallest absolute Gasteiger partial charge is 0.408 e. The molecule has 1 rings (SSSR count). The zero-order chi connectivity index (χ0) is 20.8. The second kappa shape index (κ2) is 13.9. The van der Waals surface area contributed by atoms with Gasteiger partial charge in [-0.2, -0.15) is 0 Å². The normalized spacial score (nSPS) is 13.0. The number of nitrogens with two attached hydrogens (primary N) is 1. The molecule has 0 saturated carbocycles. The summed E-state index contributed by atoms with van der Waals surface area (Å²) in [7, 11) is 3.10. The Labute approximate surface area is 165 Å². The summed E-state index contributed by atoms with van der Waals surface area (Å²) in [4.78, 5) is 24.4. The fourth-order valence-electron chi connectivity index (χ4n) is 2.45. The van der Waals surface area contributed by atoms with Crippen molar-refractivity contribution in [1.29, 1.82) is 0 Å². The van der Waals surface area contributed by atoms with E-state index in [9.17, 15) is 14.7 Å². The molecule has 0 aliphatic rings. The van der Waals surface area contributed by atoms with Crippen molar-refractivity contribution >= 4 is 12.0 Å². The Kier molecular flexibility index (Phi) is 11.8. The fraction of sp³-hybridized carbons (Fsp3) is 0.579. The molecule has 0 bridgehead atoms. The van der Waals surface area contributed by atoms with Crippen LogP contribution in [0.2, 0.25) is 0 Å². The van der Waals surface area contributed by atoms with Crippen molar-refractivity contribution < 1.29 is 28.9 Å². The first-order valence-corrected chi connectivity index (χ1v) is 9.20. The lowest BCUT2D eigenvalue weighted by Gasteiger charge is -2.19. The molecule has 0 fully saturated rings. The highest BCUT2D eigenvalue weighted by molar-refractivity contribution is 5.85. The average molecular weight is 397 g/mol. The van der Waals surface area contributed by atoms with Gasteiger partial charge in [-0.25, -0.2) is 4.79 Å². The minimum absolute atomic E-state index is 0.0932. The molecule has 9 nitrogen and oxygen atoms in total. The Morgan fingerprint density at radius 3 is 2.39 bits per heavy atom. The number of carbonyl (C=O) groups excluding carboxylic acids is 2. The molecule has 0 saturated heterocycles. The number of carbonyl (C=O) groups is 2. The van der Waals surface area contributed by atoms with Crippen molar-refractivity contribution in [2.75, 3.05) is 20.8 Å². The monoisotopic (exact) mass is 397 g/mol. The molecule has 9 heteroatoms. The molecular formula is C19H31N3O6. The molecule has 5 N–H and O–H groups in total. The molecule has 0 aliphatic carbocycles. The zero-order valence-corrected chi connectivity index (χ0v) is 16.4. The second-order valence-electron chi connectivity index (χ2n) is 6.24. The van der Waals surface area contributed by atoms with Crippen molar-refractivity contribution in [2.45, 2.75) is 50.8 Å². The summed E-state index contributed by atoms with van der Waals surface area (Å²) < 4.78 is 15.3. The van der Waals surface area contributed by atoms with E-state index in [2.05, 4.69) is 10.6 Å². The number of alkyl carbamates (subject to hydrolysis) is 1. The van der Waals surface area contributed by atoms with Crippen molar-refractivity contribution in [3.8, 4) is 0 Å². The molecular weight excluding hydrogens is 366 g/mol. The van der Waals surface area contributed by atoms with Crippen LogP contribution in [0.5, 0.6) is 0 Å². The Morgan fingerprint density at radius 1 is 1.11 bits per heavy atom. The molecule has 28 heavy (non-hydrogen) atoms. The molecule has 0 aromatic heterocycles. The molecule has 0 spiro atoms. The maximum atomic E-state index is 12.4. The third-order valence-electron chi connectivity index (χ3n) is 4.01.